The molecule has 0 aromatic heterocycles. The van der Waals surface area contributed by atoms with Gasteiger partial charge in [-0.2, -0.15) is 0 Å². The lowest BCUT2D eigenvalue weighted by Crippen LogP contribution is -2.11. The first kappa shape index (κ1) is 5.69. The summed E-state index contributed by atoms with van der Waals surface area (Å²) in [6.45, 7) is 0. The second kappa shape index (κ2) is 2.50. The third-order valence-corrected chi connectivity index (χ3v) is 3.06. The number of rotatable bonds is 0. The van der Waals surface area contributed by atoms with E-state index in [-0.39, 0.29) is 11.7 Å². The molecule has 0 saturated heterocycles. The molecule has 2 bridgehead atoms. The number of hydrogen-bond acceptors (Lipinski definition) is 0. The summed E-state index contributed by atoms with van der Waals surface area (Å²) < 4.78 is 28.8. The number of hydrogen-bond donors (Lipinski definition) is 0. The molecule has 4 aliphatic carbocycles. The van der Waals surface area contributed by atoms with Crippen LogP contribution in [0.5, 0.6) is 0 Å². The van der Waals surface area contributed by atoms with Crippen molar-refractivity contribution < 1.29 is 7.13 Å². The van der Waals surface area contributed by atoms with Crippen LogP contribution in [0.1, 0.15) is 22.0 Å². The van der Waals surface area contributed by atoms with E-state index < -0.39 is 6.37 Å². The fourth-order valence-electron chi connectivity index (χ4n) is 2.26. The van der Waals surface area contributed by atoms with Crippen LogP contribution in [0.15, 0.2) is 35.2 Å². The van der Waals surface area contributed by atoms with Gasteiger partial charge in [-0.15, -0.1) is 4.39 Å². The largest absolute Gasteiger partial charge is 0.204 e. The molecule has 3 saturated carbocycles. The van der Waals surface area contributed by atoms with Crippen LogP contribution >= 0.6 is 0 Å². The number of halogens is 1. The average Bonchev–Trinajstić information content (AvgIpc) is 2.50. The van der Waals surface area contributed by atoms with E-state index in [1.165, 1.54) is 12.2 Å². The zero-order chi connectivity index (χ0) is 10.6. The fourth-order valence-corrected chi connectivity index (χ4v) is 2.26. The molecule has 0 aromatic carbocycles. The third kappa shape index (κ3) is 1.06. The maximum absolute atomic E-state index is 12.8. The standard InChI is InChI=1S/C12H12F/c13-11-3-1-9(2-4-11)12-7-8-5-10(12)6-8/h1-4,8,10H,5-7H2/q+1/i7D2. The highest BCUT2D eigenvalue weighted by atomic mass is 19.1. The topological polar surface area (TPSA) is 0 Å². The number of fused-ring (bicyclic) bond motifs is 1. The summed E-state index contributed by atoms with van der Waals surface area (Å²) in [5.41, 5.74) is 1.78. The van der Waals surface area contributed by atoms with E-state index in [1.54, 1.807) is 12.5 Å². The second-order valence-electron chi connectivity index (χ2n) is 3.93. The average molecular weight is 177 g/mol. The minimum absolute atomic E-state index is 0.197. The van der Waals surface area contributed by atoms with Crippen molar-refractivity contribution in [1.29, 1.82) is 0 Å². The Labute approximate surface area is 80.6 Å². The molecule has 0 spiro atoms. The van der Waals surface area contributed by atoms with Gasteiger partial charge in [0, 0.05) is 33.1 Å². The summed E-state index contributed by atoms with van der Waals surface area (Å²) in [6.07, 6.45) is 7.00. The van der Waals surface area contributed by atoms with Gasteiger partial charge in [-0.05, 0) is 18.8 Å². The van der Waals surface area contributed by atoms with Crippen LogP contribution in [0, 0.1) is 18.3 Å². The van der Waals surface area contributed by atoms with Crippen LogP contribution < -0.4 is 0 Å². The zero-order valence-corrected chi connectivity index (χ0v) is 7.26. The van der Waals surface area contributed by atoms with Crippen LogP contribution in [0.2, 0.25) is 0 Å². The molecule has 13 heavy (non-hydrogen) atoms. The molecule has 3 fully saturated rings. The molecule has 4 rings (SSSR count). The SMILES string of the molecule is [2H]C1([2H])/C(=C2/C=CC(F)=C[CH+]2)C2CC1C2. The summed E-state index contributed by atoms with van der Waals surface area (Å²) in [5.74, 6) is 0.336. The van der Waals surface area contributed by atoms with Gasteiger partial charge in [0.25, 0.3) is 0 Å². The van der Waals surface area contributed by atoms with E-state index in [9.17, 15) is 4.39 Å². The van der Waals surface area contributed by atoms with Gasteiger partial charge in [0.15, 0.2) is 0 Å². The summed E-state index contributed by atoms with van der Waals surface area (Å²) in [6, 6.07) is 0. The summed E-state index contributed by atoms with van der Waals surface area (Å²) in [5, 5.41) is 0. The molecule has 0 atom stereocenters. The Morgan fingerprint density at radius 3 is 2.85 bits per heavy atom. The quantitative estimate of drug-likeness (QED) is 0.498. The molecule has 66 valence electrons. The molecule has 0 N–H and O–H groups in total. The molecule has 0 heterocycles. The lowest BCUT2D eigenvalue weighted by Gasteiger charge is -2.20. The summed E-state index contributed by atoms with van der Waals surface area (Å²) in [4.78, 5) is 0. The van der Waals surface area contributed by atoms with Gasteiger partial charge in [0.2, 0.25) is 5.83 Å². The molecule has 0 aromatic rings. The Balaban J connectivity index is 2.01. The van der Waals surface area contributed by atoms with E-state index in [2.05, 4.69) is 0 Å². The van der Waals surface area contributed by atoms with Crippen molar-refractivity contribution in [2.45, 2.75) is 19.2 Å². The van der Waals surface area contributed by atoms with Gasteiger partial charge in [-0.3, -0.25) is 0 Å². The Kier molecular flexibility index (Phi) is 1.10. The van der Waals surface area contributed by atoms with Gasteiger partial charge >= 0.3 is 0 Å². The van der Waals surface area contributed by atoms with E-state index in [1.807, 2.05) is 0 Å². The molecule has 0 amide bonds. The van der Waals surface area contributed by atoms with E-state index in [4.69, 9.17) is 2.74 Å². The van der Waals surface area contributed by atoms with Gasteiger partial charge in [-0.25, -0.2) is 0 Å². The first-order chi connectivity index (χ1) is 7.09. The van der Waals surface area contributed by atoms with Crippen molar-refractivity contribution in [3.05, 3.63) is 41.6 Å². The summed E-state index contributed by atoms with van der Waals surface area (Å²) >= 11 is 0. The minimum atomic E-state index is -1.16. The van der Waals surface area contributed by atoms with Crippen molar-refractivity contribution in [2.75, 3.05) is 0 Å². The Morgan fingerprint density at radius 2 is 2.31 bits per heavy atom. The monoisotopic (exact) mass is 177 g/mol. The lowest BCUT2D eigenvalue weighted by atomic mass is 9.83. The zero-order valence-electron chi connectivity index (χ0n) is 9.26. The maximum Gasteiger partial charge on any atom is 0.204 e. The van der Waals surface area contributed by atoms with Crippen LogP contribution in [-0.4, -0.2) is 0 Å². The highest BCUT2D eigenvalue weighted by Crippen LogP contribution is 2.53. The fraction of sp³-hybridized carbons (Fsp3) is 0.417. The third-order valence-electron chi connectivity index (χ3n) is 3.06. The van der Waals surface area contributed by atoms with Crippen molar-refractivity contribution in [1.82, 2.24) is 0 Å². The molecule has 0 nitrogen and oxygen atoms in total. The molecule has 4 aliphatic rings. The highest BCUT2D eigenvalue weighted by molar-refractivity contribution is 5.46. The number of allylic oxidation sites excluding steroid dienone is 6. The maximum atomic E-state index is 12.8. The van der Waals surface area contributed by atoms with Crippen LogP contribution in [0.25, 0.3) is 0 Å². The molecule has 0 radical (unpaired) electrons. The smallest absolute Gasteiger partial charge is 0.147 e. The van der Waals surface area contributed by atoms with Gasteiger partial charge in [0.1, 0.15) is 0 Å². The second-order valence-corrected chi connectivity index (χ2v) is 3.93. The highest BCUT2D eigenvalue weighted by Gasteiger charge is 2.44. The predicted molar refractivity (Wildman–Crippen MR) is 50.5 cm³/mol. The molecular weight excluding hydrogens is 163 g/mol. The molecule has 0 aliphatic heterocycles. The molecular formula is C12H12F+. The van der Waals surface area contributed by atoms with E-state index in [0.29, 0.717) is 5.92 Å². The van der Waals surface area contributed by atoms with E-state index >= 15 is 0 Å². The van der Waals surface area contributed by atoms with Crippen LogP contribution in [-0.2, 0) is 0 Å². The predicted octanol–water partition coefficient (Wildman–Crippen LogP) is 3.34. The van der Waals surface area contributed by atoms with E-state index in [0.717, 1.165) is 24.0 Å². The Morgan fingerprint density at radius 1 is 1.46 bits per heavy atom. The van der Waals surface area contributed by atoms with Gasteiger partial charge < -0.3 is 0 Å². The molecule has 1 heteroatoms. The van der Waals surface area contributed by atoms with Crippen molar-refractivity contribution in [2.24, 2.45) is 11.8 Å². The Hall–Kier alpha value is -0.980. The summed E-state index contributed by atoms with van der Waals surface area (Å²) in [7, 11) is 0. The Bertz CT molecular complexity index is 398. The minimum Gasteiger partial charge on any atom is -0.147 e. The molecule has 0 unspecified atom stereocenters. The van der Waals surface area contributed by atoms with Gasteiger partial charge in [0.05, 0.1) is 17.7 Å². The first-order valence-corrected chi connectivity index (χ1v) is 4.72. The lowest BCUT2D eigenvalue weighted by molar-refractivity contribution is 0.316. The first-order valence-electron chi connectivity index (χ1n) is 5.72. The van der Waals surface area contributed by atoms with Crippen LogP contribution in [0.3, 0.4) is 0 Å². The van der Waals surface area contributed by atoms with Crippen LogP contribution in [0.4, 0.5) is 4.39 Å². The van der Waals surface area contributed by atoms with Gasteiger partial charge in [-0.1, -0.05) is 0 Å². The normalized spacial score (nSPS) is 47.3. The van der Waals surface area contributed by atoms with Crippen molar-refractivity contribution >= 4 is 0 Å². The van der Waals surface area contributed by atoms with Crippen molar-refractivity contribution in [3.8, 4) is 0 Å². The van der Waals surface area contributed by atoms with Crippen molar-refractivity contribution in [3.63, 3.8) is 0 Å².